The zero-order chi connectivity index (χ0) is 14.9. The highest BCUT2D eigenvalue weighted by atomic mass is 79.9. The van der Waals surface area contributed by atoms with Crippen molar-refractivity contribution >= 4 is 15.9 Å². The van der Waals surface area contributed by atoms with Crippen LogP contribution in [0.5, 0.6) is 0 Å². The zero-order valence-electron chi connectivity index (χ0n) is 12.1. The van der Waals surface area contributed by atoms with Crippen molar-refractivity contribution in [2.45, 2.75) is 40.2 Å². The standard InChI is InChI=1S/C15H19BrN2O2/c1-8(2)12(19)7-13-17-15(18-20-13)11-5-9(3)14(16)10(4)6-11/h5-6,8,12,19H,7H2,1-4H3. The van der Waals surface area contributed by atoms with Gasteiger partial charge in [0.15, 0.2) is 0 Å². The molecular weight excluding hydrogens is 320 g/mol. The van der Waals surface area contributed by atoms with Gasteiger partial charge < -0.3 is 9.63 Å². The van der Waals surface area contributed by atoms with Crippen LogP contribution in [0.3, 0.4) is 0 Å². The van der Waals surface area contributed by atoms with Crippen LogP contribution in [-0.4, -0.2) is 21.4 Å². The number of benzene rings is 1. The van der Waals surface area contributed by atoms with Gasteiger partial charge in [-0.1, -0.05) is 34.9 Å². The monoisotopic (exact) mass is 338 g/mol. The van der Waals surface area contributed by atoms with Gasteiger partial charge in [-0.25, -0.2) is 0 Å². The van der Waals surface area contributed by atoms with E-state index in [1.54, 1.807) is 0 Å². The molecule has 0 aliphatic carbocycles. The number of aliphatic hydroxyl groups excluding tert-OH is 1. The van der Waals surface area contributed by atoms with Crippen molar-refractivity contribution in [1.29, 1.82) is 0 Å². The second-order valence-corrected chi connectivity index (χ2v) is 6.24. The third-order valence-corrected chi connectivity index (χ3v) is 4.57. The Morgan fingerprint density at radius 2 is 1.85 bits per heavy atom. The molecule has 1 atom stereocenters. The fourth-order valence-electron chi connectivity index (χ4n) is 1.94. The average Bonchev–Trinajstić information content (AvgIpc) is 2.83. The molecule has 0 spiro atoms. The van der Waals surface area contributed by atoms with Gasteiger partial charge in [0.1, 0.15) is 0 Å². The molecule has 2 rings (SSSR count). The van der Waals surface area contributed by atoms with Crippen LogP contribution in [0.1, 0.15) is 30.9 Å². The van der Waals surface area contributed by atoms with Crippen LogP contribution in [0.15, 0.2) is 21.1 Å². The minimum atomic E-state index is -0.461. The summed E-state index contributed by atoms with van der Waals surface area (Å²) in [5.74, 6) is 1.21. The molecule has 0 amide bonds. The summed E-state index contributed by atoms with van der Waals surface area (Å²) < 4.78 is 6.31. The van der Waals surface area contributed by atoms with Gasteiger partial charge in [0.2, 0.25) is 11.7 Å². The molecule has 0 radical (unpaired) electrons. The summed E-state index contributed by atoms with van der Waals surface area (Å²) in [4.78, 5) is 4.36. The van der Waals surface area contributed by atoms with E-state index in [4.69, 9.17) is 4.52 Å². The quantitative estimate of drug-likeness (QED) is 0.923. The third kappa shape index (κ3) is 3.27. The fraction of sp³-hybridized carbons (Fsp3) is 0.467. The summed E-state index contributed by atoms with van der Waals surface area (Å²) in [6.07, 6.45) is -0.0733. The molecule has 2 aromatic rings. The Hall–Kier alpha value is -1.20. The van der Waals surface area contributed by atoms with E-state index in [2.05, 4.69) is 26.1 Å². The maximum absolute atomic E-state index is 9.85. The topological polar surface area (TPSA) is 59.2 Å². The number of hydrogen-bond donors (Lipinski definition) is 1. The molecule has 108 valence electrons. The van der Waals surface area contributed by atoms with Crippen molar-refractivity contribution in [2.75, 3.05) is 0 Å². The lowest BCUT2D eigenvalue weighted by molar-refractivity contribution is 0.116. The van der Waals surface area contributed by atoms with Gasteiger partial charge in [-0.2, -0.15) is 4.98 Å². The van der Waals surface area contributed by atoms with E-state index in [1.165, 1.54) is 0 Å². The Kier molecular flexibility index (Phi) is 4.60. The Balaban J connectivity index is 2.25. The molecule has 5 heteroatoms. The smallest absolute Gasteiger partial charge is 0.229 e. The van der Waals surface area contributed by atoms with Crippen LogP contribution in [-0.2, 0) is 6.42 Å². The Morgan fingerprint density at radius 1 is 1.25 bits per heavy atom. The van der Waals surface area contributed by atoms with Crippen LogP contribution in [0.25, 0.3) is 11.4 Å². The molecule has 1 aromatic carbocycles. The minimum absolute atomic E-state index is 0.169. The number of rotatable bonds is 4. The first-order valence-electron chi connectivity index (χ1n) is 6.66. The van der Waals surface area contributed by atoms with E-state index in [-0.39, 0.29) is 5.92 Å². The highest BCUT2D eigenvalue weighted by Crippen LogP contribution is 2.27. The zero-order valence-corrected chi connectivity index (χ0v) is 13.7. The third-order valence-electron chi connectivity index (χ3n) is 3.32. The van der Waals surface area contributed by atoms with Crippen molar-refractivity contribution in [1.82, 2.24) is 10.1 Å². The lowest BCUT2D eigenvalue weighted by atomic mass is 10.0. The summed E-state index contributed by atoms with van der Waals surface area (Å²) in [5, 5.41) is 13.8. The molecular formula is C15H19BrN2O2. The van der Waals surface area contributed by atoms with Crippen LogP contribution < -0.4 is 0 Å². The van der Waals surface area contributed by atoms with Crippen LogP contribution >= 0.6 is 15.9 Å². The summed E-state index contributed by atoms with van der Waals surface area (Å²) in [6, 6.07) is 4.04. The van der Waals surface area contributed by atoms with Gasteiger partial charge in [-0.05, 0) is 43.0 Å². The number of halogens is 1. The highest BCUT2D eigenvalue weighted by molar-refractivity contribution is 9.10. The Bertz CT molecular complexity index is 585. The second kappa shape index (κ2) is 6.06. The second-order valence-electron chi connectivity index (χ2n) is 5.45. The maximum atomic E-state index is 9.85. The van der Waals surface area contributed by atoms with Gasteiger partial charge in [0.25, 0.3) is 0 Å². The molecule has 0 bridgehead atoms. The Morgan fingerprint density at radius 3 is 2.40 bits per heavy atom. The van der Waals surface area contributed by atoms with Crippen molar-refractivity contribution in [3.05, 3.63) is 33.6 Å². The summed E-state index contributed by atoms with van der Waals surface area (Å²) in [7, 11) is 0. The number of hydrogen-bond acceptors (Lipinski definition) is 4. The van der Waals surface area contributed by atoms with Gasteiger partial charge in [-0.15, -0.1) is 0 Å². The van der Waals surface area contributed by atoms with Crippen molar-refractivity contribution in [3.8, 4) is 11.4 Å². The molecule has 20 heavy (non-hydrogen) atoms. The first-order chi connectivity index (χ1) is 9.38. The van der Waals surface area contributed by atoms with Crippen molar-refractivity contribution in [3.63, 3.8) is 0 Å². The minimum Gasteiger partial charge on any atom is -0.392 e. The maximum Gasteiger partial charge on any atom is 0.229 e. The number of aliphatic hydroxyl groups is 1. The predicted octanol–water partition coefficient (Wildman–Crippen LogP) is 3.68. The van der Waals surface area contributed by atoms with Gasteiger partial charge >= 0.3 is 0 Å². The molecule has 0 aliphatic heterocycles. The molecule has 0 fully saturated rings. The largest absolute Gasteiger partial charge is 0.392 e. The molecule has 1 heterocycles. The van der Waals surface area contributed by atoms with E-state index in [0.717, 1.165) is 21.2 Å². The van der Waals surface area contributed by atoms with Gasteiger partial charge in [0.05, 0.1) is 12.5 Å². The van der Waals surface area contributed by atoms with Crippen molar-refractivity contribution < 1.29 is 9.63 Å². The molecule has 0 aliphatic rings. The normalized spacial score (nSPS) is 12.9. The molecule has 1 N–H and O–H groups in total. The van der Waals surface area contributed by atoms with Gasteiger partial charge in [-0.3, -0.25) is 0 Å². The predicted molar refractivity (Wildman–Crippen MR) is 81.5 cm³/mol. The number of aromatic nitrogens is 2. The molecule has 1 aromatic heterocycles. The Labute approximate surface area is 127 Å². The van der Waals surface area contributed by atoms with E-state index in [1.807, 2.05) is 39.8 Å². The SMILES string of the molecule is Cc1cc(-c2noc(CC(O)C(C)C)n2)cc(C)c1Br. The molecule has 1 unspecified atom stereocenters. The fourth-order valence-corrected chi connectivity index (χ4v) is 2.17. The molecule has 0 saturated carbocycles. The molecule has 0 saturated heterocycles. The molecule has 4 nitrogen and oxygen atoms in total. The van der Waals surface area contributed by atoms with E-state index in [9.17, 15) is 5.11 Å². The first-order valence-corrected chi connectivity index (χ1v) is 7.45. The van der Waals surface area contributed by atoms with E-state index >= 15 is 0 Å². The lowest BCUT2D eigenvalue weighted by Gasteiger charge is -2.10. The summed E-state index contributed by atoms with van der Waals surface area (Å²) >= 11 is 3.54. The van der Waals surface area contributed by atoms with Crippen LogP contribution in [0.4, 0.5) is 0 Å². The number of nitrogens with zero attached hydrogens (tertiary/aromatic N) is 2. The lowest BCUT2D eigenvalue weighted by Crippen LogP contribution is -2.17. The van der Waals surface area contributed by atoms with Gasteiger partial charge in [0, 0.05) is 10.0 Å². The van der Waals surface area contributed by atoms with Crippen molar-refractivity contribution in [2.24, 2.45) is 5.92 Å². The summed E-state index contributed by atoms with van der Waals surface area (Å²) in [5.41, 5.74) is 3.19. The van der Waals surface area contributed by atoms with Crippen LogP contribution in [0, 0.1) is 19.8 Å². The highest BCUT2D eigenvalue weighted by Gasteiger charge is 2.16. The van der Waals surface area contributed by atoms with Crippen LogP contribution in [0.2, 0.25) is 0 Å². The van der Waals surface area contributed by atoms with E-state index in [0.29, 0.717) is 18.1 Å². The number of aryl methyl sites for hydroxylation is 2. The average molecular weight is 339 g/mol. The summed E-state index contributed by atoms with van der Waals surface area (Å²) in [6.45, 7) is 7.99. The van der Waals surface area contributed by atoms with E-state index < -0.39 is 6.10 Å². The first kappa shape index (κ1) is 15.2.